The van der Waals surface area contributed by atoms with Crippen LogP contribution in [0.15, 0.2) is 0 Å². The minimum absolute atomic E-state index is 0.0328. The Balaban J connectivity index is 0. The first-order valence-corrected chi connectivity index (χ1v) is 8.03. The maximum atomic E-state index is 10.3. The standard InChI is InChI=1S/C4H9O5P.C3H7O5P/c1-2-3-4(5)9-10(6,7)8;1-2-3(4)8-9(5,6)7/h2-3H2,1H3,(H2,6,7,8);2H2,1H3,(H2,5,6,7). The second-order valence-corrected chi connectivity index (χ2v) is 5.34. The van der Waals surface area contributed by atoms with Crippen molar-refractivity contribution in [3.05, 3.63) is 0 Å². The Labute approximate surface area is 109 Å². The highest BCUT2D eigenvalue weighted by atomic mass is 31.2. The second-order valence-electron chi connectivity index (χ2n) is 3.01. The zero-order valence-corrected chi connectivity index (χ0v) is 12.0. The molecular formula is C7H16O10P2. The van der Waals surface area contributed by atoms with E-state index in [1.54, 1.807) is 6.92 Å². The summed E-state index contributed by atoms with van der Waals surface area (Å²) in [6.45, 7) is 3.15. The predicted octanol–water partition coefficient (Wildman–Crippen LogP) is 0.455. The van der Waals surface area contributed by atoms with Crippen LogP contribution in [0.2, 0.25) is 0 Å². The van der Waals surface area contributed by atoms with Crippen LogP contribution in [0.25, 0.3) is 0 Å². The first kappa shape index (κ1) is 20.6. The van der Waals surface area contributed by atoms with E-state index in [0.29, 0.717) is 6.42 Å². The van der Waals surface area contributed by atoms with Crippen LogP contribution in [-0.2, 0) is 27.8 Å². The van der Waals surface area contributed by atoms with Crippen molar-refractivity contribution in [2.45, 2.75) is 33.1 Å². The fourth-order valence-electron chi connectivity index (χ4n) is 0.580. The van der Waals surface area contributed by atoms with Crippen molar-refractivity contribution in [2.75, 3.05) is 0 Å². The Morgan fingerprint density at radius 2 is 1.26 bits per heavy atom. The van der Waals surface area contributed by atoms with Crippen LogP contribution in [0, 0.1) is 0 Å². The molecule has 0 rings (SSSR count). The third-order valence-corrected chi connectivity index (χ3v) is 2.07. The summed E-state index contributed by atoms with van der Waals surface area (Å²) >= 11 is 0. The van der Waals surface area contributed by atoms with Crippen molar-refractivity contribution >= 4 is 27.6 Å². The average Bonchev–Trinajstić information content (AvgIpc) is 2.13. The number of phosphoric ester groups is 2. The molecule has 0 aliphatic carbocycles. The summed E-state index contributed by atoms with van der Waals surface area (Å²) in [5.41, 5.74) is 0. The van der Waals surface area contributed by atoms with E-state index in [4.69, 9.17) is 19.6 Å². The molecule has 114 valence electrons. The van der Waals surface area contributed by atoms with Crippen molar-refractivity contribution in [1.29, 1.82) is 0 Å². The second kappa shape index (κ2) is 9.19. The number of hydrogen-bond donors (Lipinski definition) is 4. The topological polar surface area (TPSA) is 168 Å². The monoisotopic (exact) mass is 322 g/mol. The summed E-state index contributed by atoms with van der Waals surface area (Å²) in [6.07, 6.45) is 0.509. The van der Waals surface area contributed by atoms with Crippen molar-refractivity contribution in [3.8, 4) is 0 Å². The van der Waals surface area contributed by atoms with Gasteiger partial charge in [-0.05, 0) is 6.42 Å². The van der Waals surface area contributed by atoms with Crippen LogP contribution >= 0.6 is 15.6 Å². The lowest BCUT2D eigenvalue weighted by atomic mass is 10.4. The van der Waals surface area contributed by atoms with Gasteiger partial charge in [-0.25, -0.2) is 9.13 Å². The van der Waals surface area contributed by atoms with Gasteiger partial charge in [0.05, 0.1) is 0 Å². The van der Waals surface area contributed by atoms with E-state index < -0.39 is 27.6 Å². The Bertz CT molecular complexity index is 379. The predicted molar refractivity (Wildman–Crippen MR) is 61.5 cm³/mol. The lowest BCUT2D eigenvalue weighted by molar-refractivity contribution is -0.136. The molecule has 19 heavy (non-hydrogen) atoms. The maximum Gasteiger partial charge on any atom is 0.526 e. The molecule has 4 N–H and O–H groups in total. The molecule has 0 saturated heterocycles. The van der Waals surface area contributed by atoms with Crippen LogP contribution in [0.4, 0.5) is 0 Å². The van der Waals surface area contributed by atoms with E-state index >= 15 is 0 Å². The van der Waals surface area contributed by atoms with Crippen molar-refractivity contribution in [3.63, 3.8) is 0 Å². The fourth-order valence-corrected chi connectivity index (χ4v) is 1.33. The Hall–Kier alpha value is -0.760. The van der Waals surface area contributed by atoms with Gasteiger partial charge in [0.25, 0.3) is 0 Å². The van der Waals surface area contributed by atoms with Crippen LogP contribution in [-0.4, -0.2) is 31.5 Å². The Morgan fingerprint density at radius 1 is 0.895 bits per heavy atom. The quantitative estimate of drug-likeness (QED) is 0.521. The van der Waals surface area contributed by atoms with E-state index in [2.05, 4.69) is 9.05 Å². The van der Waals surface area contributed by atoms with Gasteiger partial charge in [-0.3, -0.25) is 29.2 Å². The summed E-state index contributed by atoms with van der Waals surface area (Å²) in [6, 6.07) is 0. The molecule has 0 heterocycles. The molecule has 0 bridgehead atoms. The SMILES string of the molecule is CCC(=O)OP(=O)(O)O.CCCC(=O)OP(=O)(O)O. The molecule has 0 aromatic carbocycles. The minimum Gasteiger partial charge on any atom is -0.371 e. The summed E-state index contributed by atoms with van der Waals surface area (Å²) in [5.74, 6) is -1.76. The van der Waals surface area contributed by atoms with Gasteiger partial charge in [0.1, 0.15) is 0 Å². The molecule has 0 aliphatic heterocycles. The number of rotatable bonds is 5. The van der Waals surface area contributed by atoms with E-state index in [0.717, 1.165) is 0 Å². The highest BCUT2D eigenvalue weighted by Gasteiger charge is 2.19. The van der Waals surface area contributed by atoms with Gasteiger partial charge < -0.3 is 9.05 Å². The lowest BCUT2D eigenvalue weighted by Gasteiger charge is -2.02. The fraction of sp³-hybridized carbons (Fsp3) is 0.714. The number of carbonyl (C=O) groups is 2. The lowest BCUT2D eigenvalue weighted by Crippen LogP contribution is -2.00. The molecule has 0 atom stereocenters. The number of carbonyl (C=O) groups excluding carboxylic acids is 2. The highest BCUT2D eigenvalue weighted by Crippen LogP contribution is 2.36. The third kappa shape index (κ3) is 19.7. The molecule has 0 unspecified atom stereocenters. The molecule has 0 radical (unpaired) electrons. The smallest absolute Gasteiger partial charge is 0.371 e. The zero-order valence-electron chi connectivity index (χ0n) is 10.3. The van der Waals surface area contributed by atoms with Crippen molar-refractivity contribution in [2.24, 2.45) is 0 Å². The molecule has 0 amide bonds. The van der Waals surface area contributed by atoms with E-state index in [-0.39, 0.29) is 12.8 Å². The summed E-state index contributed by atoms with van der Waals surface area (Å²) in [4.78, 5) is 52.6. The van der Waals surface area contributed by atoms with Gasteiger partial charge in [-0.1, -0.05) is 13.8 Å². The highest BCUT2D eigenvalue weighted by molar-refractivity contribution is 7.47. The molecule has 0 aliphatic rings. The summed E-state index contributed by atoms with van der Waals surface area (Å²) in [7, 11) is -9.19. The van der Waals surface area contributed by atoms with Crippen LogP contribution < -0.4 is 0 Å². The number of hydrogen-bond acceptors (Lipinski definition) is 6. The zero-order chi connectivity index (χ0) is 15.7. The van der Waals surface area contributed by atoms with E-state index in [9.17, 15) is 18.7 Å². The third-order valence-electron chi connectivity index (χ3n) is 1.18. The van der Waals surface area contributed by atoms with Gasteiger partial charge in [-0.15, -0.1) is 0 Å². The van der Waals surface area contributed by atoms with Crippen LogP contribution in [0.5, 0.6) is 0 Å². The molecule has 0 fully saturated rings. The van der Waals surface area contributed by atoms with Crippen LogP contribution in [0.1, 0.15) is 33.1 Å². The first-order valence-electron chi connectivity index (χ1n) is 4.97. The van der Waals surface area contributed by atoms with Gasteiger partial charge in [0.2, 0.25) is 0 Å². The van der Waals surface area contributed by atoms with E-state index in [1.165, 1.54) is 6.92 Å². The molecule has 0 saturated carbocycles. The summed E-state index contributed by atoms with van der Waals surface area (Å²) in [5, 5.41) is 0. The molecular weight excluding hydrogens is 306 g/mol. The molecule has 0 aromatic heterocycles. The normalized spacial score (nSPS) is 11.1. The average molecular weight is 322 g/mol. The Morgan fingerprint density at radius 3 is 1.47 bits per heavy atom. The Kier molecular flexibility index (Phi) is 9.95. The summed E-state index contributed by atoms with van der Waals surface area (Å²) < 4.78 is 27.1. The largest absolute Gasteiger partial charge is 0.526 e. The van der Waals surface area contributed by atoms with Gasteiger partial charge in [0.15, 0.2) is 0 Å². The van der Waals surface area contributed by atoms with Crippen molar-refractivity contribution < 1.29 is 47.3 Å². The van der Waals surface area contributed by atoms with E-state index in [1.807, 2.05) is 0 Å². The van der Waals surface area contributed by atoms with Crippen LogP contribution in [0.3, 0.4) is 0 Å². The molecule has 10 nitrogen and oxygen atoms in total. The minimum atomic E-state index is -4.60. The van der Waals surface area contributed by atoms with Gasteiger partial charge in [-0.2, -0.15) is 0 Å². The molecule has 0 spiro atoms. The van der Waals surface area contributed by atoms with Gasteiger partial charge >= 0.3 is 27.6 Å². The first-order chi connectivity index (χ1) is 8.41. The van der Waals surface area contributed by atoms with Gasteiger partial charge in [0, 0.05) is 12.8 Å². The molecule has 12 heteroatoms. The molecule has 0 aromatic rings. The maximum absolute atomic E-state index is 10.3. The van der Waals surface area contributed by atoms with Crippen molar-refractivity contribution in [1.82, 2.24) is 0 Å². The number of phosphoric acid groups is 2.